The first-order valence-electron chi connectivity index (χ1n) is 8.95. The summed E-state index contributed by atoms with van der Waals surface area (Å²) in [4.78, 5) is 16.7. The van der Waals surface area contributed by atoms with Crippen molar-refractivity contribution in [3.63, 3.8) is 0 Å². The van der Waals surface area contributed by atoms with Crippen molar-refractivity contribution in [2.45, 2.75) is 6.92 Å². The van der Waals surface area contributed by atoms with Gasteiger partial charge in [-0.1, -0.05) is 36.4 Å². The maximum absolute atomic E-state index is 12.3. The van der Waals surface area contributed by atoms with Crippen LogP contribution >= 0.6 is 0 Å². The monoisotopic (exact) mass is 369 g/mol. The van der Waals surface area contributed by atoms with E-state index in [4.69, 9.17) is 4.74 Å². The molecule has 0 unspecified atom stereocenters. The minimum atomic E-state index is -0.180. The number of para-hydroxylation sites is 2. The number of hydrogen-bond donors (Lipinski definition) is 0. The van der Waals surface area contributed by atoms with Crippen LogP contribution in [0, 0.1) is 6.92 Å². The topological polar surface area (TPSA) is 57.0 Å². The summed E-state index contributed by atoms with van der Waals surface area (Å²) in [5.41, 5.74) is 3.76. The van der Waals surface area contributed by atoms with Gasteiger partial charge in [0.15, 0.2) is 0 Å². The smallest absolute Gasteiger partial charge is 0.267 e. The Morgan fingerprint density at radius 1 is 0.893 bits per heavy atom. The molecule has 4 rings (SSSR count). The zero-order valence-corrected chi connectivity index (χ0v) is 15.7. The van der Waals surface area contributed by atoms with Crippen LogP contribution in [-0.2, 0) is 7.05 Å². The van der Waals surface area contributed by atoms with Crippen LogP contribution in [-0.4, -0.2) is 14.8 Å². The summed E-state index contributed by atoms with van der Waals surface area (Å²) in [6.07, 6.45) is 1.76. The fourth-order valence-corrected chi connectivity index (χ4v) is 2.95. The largest absolute Gasteiger partial charge is 0.457 e. The molecule has 4 aromatic rings. The van der Waals surface area contributed by atoms with E-state index >= 15 is 0 Å². The lowest BCUT2D eigenvalue weighted by Crippen LogP contribution is -2.19. The zero-order valence-electron chi connectivity index (χ0n) is 15.7. The third-order valence-corrected chi connectivity index (χ3v) is 4.43. The molecule has 2 heterocycles. The molecule has 0 fully saturated rings. The van der Waals surface area contributed by atoms with Gasteiger partial charge in [-0.05, 0) is 37.3 Å². The minimum absolute atomic E-state index is 0.180. The molecule has 0 amide bonds. The van der Waals surface area contributed by atoms with E-state index in [0.717, 1.165) is 28.1 Å². The van der Waals surface area contributed by atoms with Crippen LogP contribution in [0.2, 0.25) is 0 Å². The van der Waals surface area contributed by atoms with Gasteiger partial charge in [0.25, 0.3) is 5.56 Å². The van der Waals surface area contributed by atoms with Gasteiger partial charge in [0.05, 0.1) is 0 Å². The zero-order chi connectivity index (χ0) is 19.5. The number of ether oxygens (including phenoxy) is 1. The molecular formula is C23H19N3O2. The lowest BCUT2D eigenvalue weighted by Gasteiger charge is -2.14. The van der Waals surface area contributed by atoms with Gasteiger partial charge in [0, 0.05) is 41.7 Å². The molecule has 0 N–H and O–H groups in total. The SMILES string of the molecule is Cc1ccc(-c2cc(=O)n(C)nc2-c2ccccc2Oc2ccccc2)cn1. The number of aryl methyl sites for hydroxylation is 2. The summed E-state index contributed by atoms with van der Waals surface area (Å²) in [5, 5.41) is 4.54. The summed E-state index contributed by atoms with van der Waals surface area (Å²) in [6.45, 7) is 1.93. The molecule has 0 bridgehead atoms. The van der Waals surface area contributed by atoms with Crippen LogP contribution in [0.3, 0.4) is 0 Å². The predicted octanol–water partition coefficient (Wildman–Crippen LogP) is 4.61. The van der Waals surface area contributed by atoms with Crippen LogP contribution in [0.1, 0.15) is 5.69 Å². The molecule has 5 heteroatoms. The van der Waals surface area contributed by atoms with Gasteiger partial charge >= 0.3 is 0 Å². The molecule has 0 spiro atoms. The Kier molecular flexibility index (Phi) is 4.72. The number of hydrogen-bond acceptors (Lipinski definition) is 4. The maximum Gasteiger partial charge on any atom is 0.267 e. The van der Waals surface area contributed by atoms with E-state index in [0.29, 0.717) is 11.4 Å². The molecule has 28 heavy (non-hydrogen) atoms. The van der Waals surface area contributed by atoms with Gasteiger partial charge in [-0.25, -0.2) is 4.68 Å². The van der Waals surface area contributed by atoms with Crippen LogP contribution in [0.4, 0.5) is 0 Å². The van der Waals surface area contributed by atoms with Crippen molar-refractivity contribution in [3.05, 3.63) is 95.0 Å². The third kappa shape index (κ3) is 3.55. The lowest BCUT2D eigenvalue weighted by atomic mass is 10.0. The number of benzene rings is 2. The highest BCUT2D eigenvalue weighted by Gasteiger charge is 2.16. The highest BCUT2D eigenvalue weighted by molar-refractivity contribution is 5.82. The van der Waals surface area contributed by atoms with Gasteiger partial charge in [0.1, 0.15) is 17.2 Å². The summed E-state index contributed by atoms with van der Waals surface area (Å²) in [6, 6.07) is 22.7. The summed E-state index contributed by atoms with van der Waals surface area (Å²) in [5.74, 6) is 1.40. The third-order valence-electron chi connectivity index (χ3n) is 4.43. The van der Waals surface area contributed by atoms with Crippen LogP contribution in [0.15, 0.2) is 83.8 Å². The molecular weight excluding hydrogens is 350 g/mol. The molecule has 2 aromatic heterocycles. The fraction of sp³-hybridized carbons (Fsp3) is 0.0870. The molecule has 0 aliphatic carbocycles. The Morgan fingerprint density at radius 3 is 2.39 bits per heavy atom. The first-order valence-corrected chi connectivity index (χ1v) is 8.95. The van der Waals surface area contributed by atoms with E-state index < -0.39 is 0 Å². The summed E-state index contributed by atoms with van der Waals surface area (Å²) in [7, 11) is 1.64. The molecule has 0 radical (unpaired) electrons. The van der Waals surface area contributed by atoms with E-state index in [1.54, 1.807) is 19.3 Å². The Labute approximate surface area is 162 Å². The Balaban J connectivity index is 1.89. The van der Waals surface area contributed by atoms with Crippen molar-refractivity contribution in [1.82, 2.24) is 14.8 Å². The second-order valence-electron chi connectivity index (χ2n) is 6.47. The van der Waals surface area contributed by atoms with E-state index in [1.807, 2.05) is 73.7 Å². The molecule has 0 saturated heterocycles. The van der Waals surface area contributed by atoms with E-state index in [-0.39, 0.29) is 5.56 Å². The van der Waals surface area contributed by atoms with Crippen molar-refractivity contribution >= 4 is 0 Å². The summed E-state index contributed by atoms with van der Waals surface area (Å²) >= 11 is 0. The summed E-state index contributed by atoms with van der Waals surface area (Å²) < 4.78 is 7.43. The molecule has 5 nitrogen and oxygen atoms in total. The van der Waals surface area contributed by atoms with E-state index in [2.05, 4.69) is 10.1 Å². The fourth-order valence-electron chi connectivity index (χ4n) is 2.95. The molecule has 2 aromatic carbocycles. The highest BCUT2D eigenvalue weighted by Crippen LogP contribution is 2.36. The first kappa shape index (κ1) is 17.7. The Bertz CT molecular complexity index is 1170. The van der Waals surface area contributed by atoms with Gasteiger partial charge in [-0.2, -0.15) is 5.10 Å². The number of rotatable bonds is 4. The molecule has 0 atom stereocenters. The lowest BCUT2D eigenvalue weighted by molar-refractivity contribution is 0.484. The van der Waals surface area contributed by atoms with Crippen LogP contribution in [0.5, 0.6) is 11.5 Å². The van der Waals surface area contributed by atoms with Crippen LogP contribution < -0.4 is 10.3 Å². The van der Waals surface area contributed by atoms with Crippen molar-refractivity contribution in [2.75, 3.05) is 0 Å². The van der Waals surface area contributed by atoms with Crippen molar-refractivity contribution < 1.29 is 4.74 Å². The number of nitrogens with zero attached hydrogens (tertiary/aromatic N) is 3. The number of pyridine rings is 1. The molecule has 0 aliphatic rings. The highest BCUT2D eigenvalue weighted by atomic mass is 16.5. The van der Waals surface area contributed by atoms with Crippen molar-refractivity contribution in [1.29, 1.82) is 0 Å². The average Bonchev–Trinajstić information content (AvgIpc) is 2.72. The average molecular weight is 369 g/mol. The molecule has 138 valence electrons. The quantitative estimate of drug-likeness (QED) is 0.527. The van der Waals surface area contributed by atoms with Gasteiger partial charge in [-0.15, -0.1) is 0 Å². The first-order chi connectivity index (χ1) is 13.6. The normalized spacial score (nSPS) is 10.6. The van der Waals surface area contributed by atoms with E-state index in [1.165, 1.54) is 4.68 Å². The Hall–Kier alpha value is -3.73. The van der Waals surface area contributed by atoms with Gasteiger partial charge in [-0.3, -0.25) is 9.78 Å². The van der Waals surface area contributed by atoms with Gasteiger partial charge in [0.2, 0.25) is 0 Å². The standard InChI is InChI=1S/C23H19N3O2/c1-16-12-13-17(15-24-16)20-14-22(27)26(2)25-23(20)19-10-6-7-11-21(19)28-18-8-4-3-5-9-18/h3-15H,1-2H3. The van der Waals surface area contributed by atoms with Crippen LogP contribution in [0.25, 0.3) is 22.4 Å². The maximum atomic E-state index is 12.3. The number of aromatic nitrogens is 3. The Morgan fingerprint density at radius 2 is 1.64 bits per heavy atom. The predicted molar refractivity (Wildman–Crippen MR) is 109 cm³/mol. The molecule has 0 saturated carbocycles. The molecule has 0 aliphatic heterocycles. The minimum Gasteiger partial charge on any atom is -0.457 e. The second-order valence-corrected chi connectivity index (χ2v) is 6.47. The van der Waals surface area contributed by atoms with Gasteiger partial charge < -0.3 is 4.74 Å². The van der Waals surface area contributed by atoms with Crippen molar-refractivity contribution in [2.24, 2.45) is 7.05 Å². The van der Waals surface area contributed by atoms with E-state index in [9.17, 15) is 4.79 Å². The van der Waals surface area contributed by atoms with Crippen molar-refractivity contribution in [3.8, 4) is 33.9 Å². The second kappa shape index (κ2) is 7.48.